The largest absolute Gasteiger partial charge is 0.507 e. The van der Waals surface area contributed by atoms with Gasteiger partial charge < -0.3 is 5.11 Å². The lowest BCUT2D eigenvalue weighted by Crippen LogP contribution is -2.17. The number of phenolic OH excluding ortho intramolecular Hbond substituents is 1. The van der Waals surface area contributed by atoms with Crippen molar-refractivity contribution < 1.29 is 9.90 Å². The van der Waals surface area contributed by atoms with Crippen LogP contribution in [-0.4, -0.2) is 17.2 Å². The number of amides is 1. The van der Waals surface area contributed by atoms with Gasteiger partial charge in [0.25, 0.3) is 5.91 Å². The van der Waals surface area contributed by atoms with Gasteiger partial charge in [0.05, 0.1) is 5.56 Å². The molecule has 0 aromatic heterocycles. The smallest absolute Gasteiger partial charge is 0.275 e. The number of hydrogen-bond donors (Lipinski definition) is 2. The van der Waals surface area contributed by atoms with E-state index in [9.17, 15) is 9.90 Å². The first-order valence-electron chi connectivity index (χ1n) is 7.51. The lowest BCUT2D eigenvalue weighted by atomic mass is 10.1. The Bertz CT molecular complexity index is 915. The first-order valence-corrected chi connectivity index (χ1v) is 7.51. The van der Waals surface area contributed by atoms with Crippen molar-refractivity contribution in [3.8, 4) is 5.75 Å². The lowest BCUT2D eigenvalue weighted by Gasteiger charge is -2.05. The Balaban J connectivity index is 1.68. The normalized spacial score (nSPS) is 11.3. The molecule has 3 rings (SSSR count). The number of allylic oxidation sites excluding steroid dienone is 1. The van der Waals surface area contributed by atoms with Crippen molar-refractivity contribution in [2.45, 2.75) is 0 Å². The summed E-state index contributed by atoms with van der Waals surface area (Å²) >= 11 is 0. The number of phenols is 1. The van der Waals surface area contributed by atoms with E-state index in [1.165, 1.54) is 6.21 Å². The fraction of sp³-hybridized carbons (Fsp3) is 0. The zero-order valence-corrected chi connectivity index (χ0v) is 12.9. The predicted molar refractivity (Wildman–Crippen MR) is 97.0 cm³/mol. The minimum absolute atomic E-state index is 0.0683. The molecule has 3 aromatic rings. The second-order valence-corrected chi connectivity index (χ2v) is 5.21. The van der Waals surface area contributed by atoms with Gasteiger partial charge in [-0.2, -0.15) is 5.10 Å². The Labute approximate surface area is 139 Å². The number of fused-ring (bicyclic) bond motifs is 1. The molecule has 0 saturated carbocycles. The SMILES string of the molecule is O=C(NN=CC=Cc1ccccc1)c1cc2ccccc2cc1O. The average molecular weight is 316 g/mol. The molecule has 118 valence electrons. The van der Waals surface area contributed by atoms with Crippen LogP contribution in [0.25, 0.3) is 16.8 Å². The molecule has 0 atom stereocenters. The lowest BCUT2D eigenvalue weighted by molar-refractivity contribution is 0.0952. The highest BCUT2D eigenvalue weighted by Gasteiger charge is 2.11. The van der Waals surface area contributed by atoms with Crippen LogP contribution in [0.3, 0.4) is 0 Å². The molecular formula is C20H16N2O2. The molecule has 0 heterocycles. The van der Waals surface area contributed by atoms with Gasteiger partial charge in [0, 0.05) is 6.21 Å². The molecule has 1 amide bonds. The van der Waals surface area contributed by atoms with Crippen molar-refractivity contribution in [3.05, 3.63) is 83.9 Å². The summed E-state index contributed by atoms with van der Waals surface area (Å²) in [7, 11) is 0. The highest BCUT2D eigenvalue weighted by molar-refractivity contribution is 6.01. The first kappa shape index (κ1) is 15.5. The summed E-state index contributed by atoms with van der Waals surface area (Å²) in [5, 5.41) is 15.6. The quantitative estimate of drug-likeness (QED) is 0.565. The van der Waals surface area contributed by atoms with Crippen molar-refractivity contribution >= 4 is 29.0 Å². The van der Waals surface area contributed by atoms with Crippen molar-refractivity contribution in [1.82, 2.24) is 5.43 Å². The molecule has 3 aromatic carbocycles. The summed E-state index contributed by atoms with van der Waals surface area (Å²) in [6.07, 6.45) is 5.10. The highest BCUT2D eigenvalue weighted by atomic mass is 16.3. The van der Waals surface area contributed by atoms with Gasteiger partial charge in [-0.1, -0.05) is 60.7 Å². The average Bonchev–Trinajstić information content (AvgIpc) is 2.61. The van der Waals surface area contributed by atoms with Crippen molar-refractivity contribution in [3.63, 3.8) is 0 Å². The van der Waals surface area contributed by atoms with Gasteiger partial charge in [0.15, 0.2) is 0 Å². The van der Waals surface area contributed by atoms with Gasteiger partial charge in [-0.05, 0) is 34.5 Å². The Morgan fingerprint density at radius 1 is 0.958 bits per heavy atom. The van der Waals surface area contributed by atoms with Crippen molar-refractivity contribution in [2.24, 2.45) is 5.10 Å². The number of nitrogens with one attached hydrogen (secondary N) is 1. The molecule has 0 radical (unpaired) electrons. The maximum Gasteiger partial charge on any atom is 0.275 e. The topological polar surface area (TPSA) is 61.7 Å². The molecule has 0 aliphatic heterocycles. The van der Waals surface area contributed by atoms with E-state index in [4.69, 9.17) is 0 Å². The maximum atomic E-state index is 12.1. The fourth-order valence-corrected chi connectivity index (χ4v) is 2.33. The van der Waals surface area contributed by atoms with Gasteiger partial charge in [0.2, 0.25) is 0 Å². The van der Waals surface area contributed by atoms with Crippen LogP contribution in [0.4, 0.5) is 0 Å². The Morgan fingerprint density at radius 2 is 1.62 bits per heavy atom. The Morgan fingerprint density at radius 3 is 2.38 bits per heavy atom. The van der Waals surface area contributed by atoms with Gasteiger partial charge in [-0.15, -0.1) is 0 Å². The van der Waals surface area contributed by atoms with Crippen LogP contribution >= 0.6 is 0 Å². The summed E-state index contributed by atoms with van der Waals surface area (Å²) in [5.41, 5.74) is 3.65. The molecule has 0 fully saturated rings. The van der Waals surface area contributed by atoms with E-state index in [-0.39, 0.29) is 11.3 Å². The monoisotopic (exact) mass is 316 g/mol. The van der Waals surface area contributed by atoms with Crippen LogP contribution in [0, 0.1) is 0 Å². The summed E-state index contributed by atoms with van der Waals surface area (Å²) in [5.74, 6) is -0.524. The third-order valence-corrected chi connectivity index (χ3v) is 3.52. The standard InChI is InChI=1S/C20H16N2O2/c23-19-14-17-11-5-4-10-16(17)13-18(19)20(24)22-21-12-6-9-15-7-2-1-3-8-15/h1-14,23H,(H,22,24). The summed E-state index contributed by atoms with van der Waals surface area (Å²) < 4.78 is 0. The molecule has 0 saturated heterocycles. The van der Waals surface area contributed by atoms with E-state index < -0.39 is 5.91 Å². The molecule has 0 aliphatic rings. The first-order chi connectivity index (χ1) is 11.7. The second-order valence-electron chi connectivity index (χ2n) is 5.21. The van der Waals surface area contributed by atoms with Crippen LogP contribution < -0.4 is 5.43 Å². The summed E-state index contributed by atoms with van der Waals surface area (Å²) in [6.45, 7) is 0. The van der Waals surface area contributed by atoms with Crippen LogP contribution in [0.15, 0.2) is 77.9 Å². The number of nitrogens with zero attached hydrogens (tertiary/aromatic N) is 1. The number of benzene rings is 3. The molecule has 24 heavy (non-hydrogen) atoms. The zero-order valence-electron chi connectivity index (χ0n) is 12.9. The Kier molecular flexibility index (Phi) is 4.68. The third kappa shape index (κ3) is 3.67. The number of aromatic hydroxyl groups is 1. The molecular weight excluding hydrogens is 300 g/mol. The van der Waals surface area contributed by atoms with E-state index >= 15 is 0 Å². The summed E-state index contributed by atoms with van der Waals surface area (Å²) in [6, 6.07) is 20.5. The van der Waals surface area contributed by atoms with Gasteiger partial charge in [-0.25, -0.2) is 5.43 Å². The number of carbonyl (C=O) groups is 1. The molecule has 4 heteroatoms. The van der Waals surface area contributed by atoms with Crippen LogP contribution in [0.1, 0.15) is 15.9 Å². The Hall–Kier alpha value is -3.40. The highest BCUT2D eigenvalue weighted by Crippen LogP contribution is 2.24. The molecule has 0 bridgehead atoms. The minimum atomic E-state index is -0.456. The van der Waals surface area contributed by atoms with Crippen molar-refractivity contribution in [2.75, 3.05) is 0 Å². The summed E-state index contributed by atoms with van der Waals surface area (Å²) in [4.78, 5) is 12.1. The number of hydrogen-bond acceptors (Lipinski definition) is 3. The van der Waals surface area contributed by atoms with E-state index in [0.717, 1.165) is 16.3 Å². The molecule has 0 spiro atoms. The van der Waals surface area contributed by atoms with Crippen LogP contribution in [0.5, 0.6) is 5.75 Å². The molecule has 0 aliphatic carbocycles. The molecule has 0 unspecified atom stereocenters. The van der Waals surface area contributed by atoms with Crippen molar-refractivity contribution in [1.29, 1.82) is 0 Å². The second kappa shape index (κ2) is 7.24. The molecule has 2 N–H and O–H groups in total. The maximum absolute atomic E-state index is 12.1. The minimum Gasteiger partial charge on any atom is -0.507 e. The van der Waals surface area contributed by atoms with E-state index in [1.807, 2.05) is 60.7 Å². The number of hydrazone groups is 1. The van der Waals surface area contributed by atoms with E-state index in [2.05, 4.69) is 10.5 Å². The van der Waals surface area contributed by atoms with Gasteiger partial charge in [0.1, 0.15) is 5.75 Å². The van der Waals surface area contributed by atoms with Gasteiger partial charge >= 0.3 is 0 Å². The number of carbonyl (C=O) groups excluding carboxylic acids is 1. The number of rotatable bonds is 4. The van der Waals surface area contributed by atoms with Gasteiger partial charge in [-0.3, -0.25) is 4.79 Å². The van der Waals surface area contributed by atoms with E-state index in [1.54, 1.807) is 18.2 Å². The predicted octanol–water partition coefficient (Wildman–Crippen LogP) is 3.97. The third-order valence-electron chi connectivity index (χ3n) is 3.52. The zero-order chi connectivity index (χ0) is 16.8. The van der Waals surface area contributed by atoms with Crippen LogP contribution in [0.2, 0.25) is 0 Å². The van der Waals surface area contributed by atoms with Crippen LogP contribution in [-0.2, 0) is 0 Å². The molecule has 4 nitrogen and oxygen atoms in total. The fourth-order valence-electron chi connectivity index (χ4n) is 2.33. The van der Waals surface area contributed by atoms with E-state index in [0.29, 0.717) is 0 Å².